The molecule has 0 saturated heterocycles. The standard InChI is InChI=1S/C17H24FN5O.C14H18F3N5O/c1-3-4-6-13(12(10-18)9-11(2)24)21-16-15-14(7-5-8-20-15)22-17(19)23-16;1-2-3-5-9(11(23)14(15,16)17)20-12-10-8(6-4-7-19-10)21-13(18)22-12/h5,7-8,12-13H,3-4,6,9-10H2,1-2H3,(H3,19,21,22,23);4,6-7,9,11,23H,2-3,5H2,1H3,(H3,18,20,21,22)/t12?,13-;9-,11?/m11/s1. The van der Waals surface area contributed by atoms with Gasteiger partial charge in [0.05, 0.1) is 23.7 Å². The first-order chi connectivity index (χ1) is 22.4. The number of halogens is 4. The summed E-state index contributed by atoms with van der Waals surface area (Å²) in [6.07, 6.45) is 0.113. The second kappa shape index (κ2) is 17.4. The number of hydrogen-bond acceptors (Lipinski definition) is 12. The van der Waals surface area contributed by atoms with Crippen molar-refractivity contribution in [3.8, 4) is 0 Å². The van der Waals surface area contributed by atoms with Crippen molar-refractivity contribution in [1.82, 2.24) is 29.9 Å². The van der Waals surface area contributed by atoms with Crippen LogP contribution in [0.4, 0.5) is 41.1 Å². The Morgan fingerprint density at radius 1 is 0.851 bits per heavy atom. The molecule has 4 heterocycles. The lowest BCUT2D eigenvalue weighted by Gasteiger charge is -2.26. The minimum absolute atomic E-state index is 0.0221. The van der Waals surface area contributed by atoms with Crippen molar-refractivity contribution in [2.75, 3.05) is 28.8 Å². The molecule has 0 bridgehead atoms. The molecule has 0 saturated carbocycles. The fourth-order valence-electron chi connectivity index (χ4n) is 5.01. The normalized spacial score (nSPS) is 14.1. The highest BCUT2D eigenvalue weighted by Gasteiger charge is 2.43. The third-order valence-corrected chi connectivity index (χ3v) is 7.36. The molecule has 4 aromatic rings. The number of nitrogens with two attached hydrogens (primary N) is 2. The maximum atomic E-state index is 13.5. The van der Waals surface area contributed by atoms with Crippen LogP contribution in [0.5, 0.6) is 0 Å². The minimum atomic E-state index is -4.73. The van der Waals surface area contributed by atoms with Gasteiger partial charge in [-0.05, 0) is 44.0 Å². The summed E-state index contributed by atoms with van der Waals surface area (Å²) in [6, 6.07) is 5.39. The van der Waals surface area contributed by atoms with Gasteiger partial charge >= 0.3 is 6.18 Å². The Labute approximate surface area is 270 Å². The van der Waals surface area contributed by atoms with Gasteiger partial charge in [0.15, 0.2) is 17.7 Å². The Morgan fingerprint density at radius 2 is 1.32 bits per heavy atom. The summed E-state index contributed by atoms with van der Waals surface area (Å²) in [4.78, 5) is 36.1. The second-order valence-corrected chi connectivity index (χ2v) is 11.2. The molecule has 16 heteroatoms. The summed E-state index contributed by atoms with van der Waals surface area (Å²) in [5.41, 5.74) is 13.3. The largest absolute Gasteiger partial charge is 0.416 e. The van der Waals surface area contributed by atoms with Gasteiger partial charge in [-0.25, -0.2) is 9.97 Å². The number of nitrogen functional groups attached to an aromatic ring is 2. The first kappa shape index (κ1) is 37.0. The highest BCUT2D eigenvalue weighted by Crippen LogP contribution is 2.28. The van der Waals surface area contributed by atoms with Crippen LogP contribution >= 0.6 is 0 Å². The molecule has 0 aliphatic rings. The van der Waals surface area contributed by atoms with E-state index in [-0.39, 0.29) is 42.4 Å². The van der Waals surface area contributed by atoms with E-state index < -0.39 is 30.9 Å². The van der Waals surface area contributed by atoms with Crippen LogP contribution in [0.25, 0.3) is 22.1 Å². The third kappa shape index (κ3) is 10.8. The van der Waals surface area contributed by atoms with E-state index in [2.05, 4.69) is 47.5 Å². The van der Waals surface area contributed by atoms with Crippen molar-refractivity contribution in [1.29, 1.82) is 0 Å². The molecule has 0 aromatic carbocycles. The molecule has 4 rings (SSSR count). The lowest BCUT2D eigenvalue weighted by atomic mass is 9.91. The predicted molar refractivity (Wildman–Crippen MR) is 174 cm³/mol. The number of ketones is 1. The lowest BCUT2D eigenvalue weighted by molar-refractivity contribution is -0.208. The number of Topliss-reactive ketones (excluding diaryl/α,β-unsaturated/α-hetero) is 1. The molecule has 12 nitrogen and oxygen atoms in total. The number of aromatic nitrogens is 6. The van der Waals surface area contributed by atoms with Crippen LogP contribution in [0.15, 0.2) is 36.7 Å². The molecule has 47 heavy (non-hydrogen) atoms. The third-order valence-electron chi connectivity index (χ3n) is 7.36. The van der Waals surface area contributed by atoms with Crippen LogP contribution in [0.2, 0.25) is 0 Å². The average molecular weight is 663 g/mol. The van der Waals surface area contributed by atoms with E-state index in [4.69, 9.17) is 11.5 Å². The van der Waals surface area contributed by atoms with Gasteiger partial charge in [-0.15, -0.1) is 0 Å². The molecule has 256 valence electrons. The molecular weight excluding hydrogens is 620 g/mol. The van der Waals surface area contributed by atoms with E-state index in [0.717, 1.165) is 19.3 Å². The van der Waals surface area contributed by atoms with Gasteiger partial charge in [-0.2, -0.15) is 23.1 Å². The number of fused-ring (bicyclic) bond motifs is 2. The Balaban J connectivity index is 0.000000256. The van der Waals surface area contributed by atoms with Crippen molar-refractivity contribution in [3.05, 3.63) is 36.7 Å². The van der Waals surface area contributed by atoms with E-state index in [1.54, 1.807) is 30.5 Å². The zero-order valence-corrected chi connectivity index (χ0v) is 26.6. The Hall–Kier alpha value is -4.47. The molecule has 4 atom stereocenters. The monoisotopic (exact) mass is 662 g/mol. The van der Waals surface area contributed by atoms with Crippen molar-refractivity contribution < 1.29 is 27.5 Å². The maximum Gasteiger partial charge on any atom is 0.416 e. The number of pyridine rings is 2. The number of nitrogens with zero attached hydrogens (tertiary/aromatic N) is 6. The fraction of sp³-hybridized carbons (Fsp3) is 0.516. The summed E-state index contributed by atoms with van der Waals surface area (Å²) >= 11 is 0. The van der Waals surface area contributed by atoms with E-state index in [9.17, 15) is 27.5 Å². The summed E-state index contributed by atoms with van der Waals surface area (Å²) in [5.74, 6) is 0.202. The van der Waals surface area contributed by atoms with Crippen LogP contribution < -0.4 is 22.1 Å². The van der Waals surface area contributed by atoms with Gasteiger partial charge in [0.2, 0.25) is 11.9 Å². The number of alkyl halides is 4. The molecular formula is C31H42F4N10O2. The number of carbonyl (C=O) groups excluding carboxylic acids is 1. The number of unbranched alkanes of at least 4 members (excludes halogenated alkanes) is 2. The quantitative estimate of drug-likeness (QED) is 0.0986. The van der Waals surface area contributed by atoms with Gasteiger partial charge in [0.25, 0.3) is 0 Å². The van der Waals surface area contributed by atoms with Gasteiger partial charge in [0.1, 0.15) is 16.8 Å². The van der Waals surface area contributed by atoms with E-state index >= 15 is 0 Å². The highest BCUT2D eigenvalue weighted by atomic mass is 19.4. The van der Waals surface area contributed by atoms with Crippen molar-refractivity contribution in [3.63, 3.8) is 0 Å². The number of hydrogen-bond donors (Lipinski definition) is 5. The van der Waals surface area contributed by atoms with Gasteiger partial charge in [0, 0.05) is 30.8 Å². The summed E-state index contributed by atoms with van der Waals surface area (Å²) in [7, 11) is 0. The van der Waals surface area contributed by atoms with Crippen molar-refractivity contribution in [2.24, 2.45) is 5.92 Å². The Kier molecular flexibility index (Phi) is 13.7. The molecule has 0 aliphatic carbocycles. The second-order valence-electron chi connectivity index (χ2n) is 11.2. The average Bonchev–Trinajstić information content (AvgIpc) is 3.03. The van der Waals surface area contributed by atoms with Crippen molar-refractivity contribution >= 4 is 51.4 Å². The lowest BCUT2D eigenvalue weighted by Crippen LogP contribution is -2.44. The SMILES string of the molecule is CCCC[C@@H](Nc1nc(N)nc2cccnc12)C(CF)CC(C)=O.CCCC[C@@H](Nc1nc(N)nc2cccnc12)C(O)C(F)(F)F. The number of aliphatic hydroxyl groups is 1. The van der Waals surface area contributed by atoms with Gasteiger partial charge in [-0.1, -0.05) is 39.5 Å². The van der Waals surface area contributed by atoms with Crippen LogP contribution in [0, 0.1) is 5.92 Å². The molecule has 0 spiro atoms. The molecule has 0 amide bonds. The number of carbonyl (C=O) groups is 1. The zero-order chi connectivity index (χ0) is 34.6. The summed E-state index contributed by atoms with van der Waals surface area (Å²) in [5, 5.41) is 15.5. The topological polar surface area (TPSA) is 191 Å². The van der Waals surface area contributed by atoms with Crippen LogP contribution in [-0.2, 0) is 4.79 Å². The first-order valence-electron chi connectivity index (χ1n) is 15.5. The summed E-state index contributed by atoms with van der Waals surface area (Å²) in [6.45, 7) is 4.86. The molecule has 2 unspecified atom stereocenters. The van der Waals surface area contributed by atoms with Crippen molar-refractivity contribution in [2.45, 2.75) is 90.1 Å². The van der Waals surface area contributed by atoms with E-state index in [0.29, 0.717) is 40.7 Å². The van der Waals surface area contributed by atoms with Crippen LogP contribution in [0.3, 0.4) is 0 Å². The number of anilines is 4. The maximum absolute atomic E-state index is 13.5. The van der Waals surface area contributed by atoms with Gasteiger partial charge < -0.3 is 32.0 Å². The van der Waals surface area contributed by atoms with Crippen LogP contribution in [-0.4, -0.2) is 71.8 Å². The molecule has 0 fully saturated rings. The van der Waals surface area contributed by atoms with E-state index in [1.807, 2.05) is 6.92 Å². The summed E-state index contributed by atoms with van der Waals surface area (Å²) < 4.78 is 52.1. The fourth-order valence-corrected chi connectivity index (χ4v) is 5.01. The Bertz CT molecular complexity index is 1590. The molecule has 0 aliphatic heterocycles. The smallest absolute Gasteiger partial charge is 0.382 e. The predicted octanol–water partition coefficient (Wildman–Crippen LogP) is 5.64. The number of rotatable bonds is 15. The number of nitrogens with one attached hydrogen (secondary N) is 2. The zero-order valence-electron chi connectivity index (χ0n) is 26.6. The van der Waals surface area contributed by atoms with E-state index in [1.165, 1.54) is 13.1 Å². The first-order valence-corrected chi connectivity index (χ1v) is 15.5. The number of aliphatic hydroxyl groups excluding tert-OH is 1. The van der Waals surface area contributed by atoms with Crippen LogP contribution in [0.1, 0.15) is 65.7 Å². The molecule has 4 aromatic heterocycles. The minimum Gasteiger partial charge on any atom is -0.382 e. The van der Waals surface area contributed by atoms with Gasteiger partial charge in [-0.3, -0.25) is 14.4 Å². The molecule has 7 N–H and O–H groups in total. The highest BCUT2D eigenvalue weighted by molar-refractivity contribution is 5.86. The molecule has 0 radical (unpaired) electrons. The Morgan fingerprint density at radius 3 is 1.74 bits per heavy atom.